The van der Waals surface area contributed by atoms with E-state index >= 15 is 0 Å². The molecule has 0 N–H and O–H groups in total. The molecule has 1 rings (SSSR count). The molecule has 1 aromatic rings. The van der Waals surface area contributed by atoms with Crippen LogP contribution in [-0.2, 0) is 0 Å². The summed E-state index contributed by atoms with van der Waals surface area (Å²) in [7, 11) is 1.72. The van der Waals surface area contributed by atoms with Gasteiger partial charge in [-0.15, -0.1) is 11.8 Å². The molecule has 0 unspecified atom stereocenters. The van der Waals surface area contributed by atoms with Gasteiger partial charge in [0.15, 0.2) is 0 Å². The van der Waals surface area contributed by atoms with Crippen molar-refractivity contribution >= 4 is 33.8 Å². The van der Waals surface area contributed by atoms with E-state index in [1.54, 1.807) is 30.6 Å². The summed E-state index contributed by atoms with van der Waals surface area (Å²) in [6.45, 7) is 2.25. The van der Waals surface area contributed by atoms with Gasteiger partial charge in [-0.2, -0.15) is 5.10 Å². The van der Waals surface area contributed by atoms with E-state index < -0.39 is 0 Å². The Bertz CT molecular complexity index is 491. The first-order chi connectivity index (χ1) is 11.7. The highest BCUT2D eigenvalue weighted by Gasteiger charge is 2.11. The summed E-state index contributed by atoms with van der Waals surface area (Å²) < 4.78 is 0.952. The van der Waals surface area contributed by atoms with Gasteiger partial charge >= 0.3 is 0 Å². The van der Waals surface area contributed by atoms with Gasteiger partial charge in [0.05, 0.1) is 0 Å². The number of thioether (sulfide) groups is 2. The fraction of sp³-hybridized carbons (Fsp3) is 0.579. The summed E-state index contributed by atoms with van der Waals surface area (Å²) in [6.07, 6.45) is 11.2. The Morgan fingerprint density at radius 2 is 1.67 bits per heavy atom. The van der Waals surface area contributed by atoms with Gasteiger partial charge < -0.3 is 0 Å². The van der Waals surface area contributed by atoms with Crippen LogP contribution >= 0.6 is 23.5 Å². The van der Waals surface area contributed by atoms with E-state index in [0.717, 1.165) is 10.1 Å². The predicted octanol–water partition coefficient (Wildman–Crippen LogP) is 5.88. The molecule has 0 fully saturated rings. The third-order valence-corrected chi connectivity index (χ3v) is 5.80. The summed E-state index contributed by atoms with van der Waals surface area (Å²) in [5.74, 6) is 1.000. The Morgan fingerprint density at radius 1 is 1.04 bits per heavy atom. The van der Waals surface area contributed by atoms with E-state index in [4.69, 9.17) is 0 Å². The van der Waals surface area contributed by atoms with Gasteiger partial charge in [-0.25, -0.2) is 5.01 Å². The lowest BCUT2D eigenvalue weighted by Gasteiger charge is -2.13. The molecule has 0 atom stereocenters. The third kappa shape index (κ3) is 8.78. The van der Waals surface area contributed by atoms with Crippen molar-refractivity contribution in [1.29, 1.82) is 0 Å². The summed E-state index contributed by atoms with van der Waals surface area (Å²) >= 11 is 3.35. The van der Waals surface area contributed by atoms with Crippen molar-refractivity contribution in [2.45, 2.75) is 51.9 Å². The molecule has 0 bridgehead atoms. The highest BCUT2D eigenvalue weighted by Crippen LogP contribution is 2.18. The van der Waals surface area contributed by atoms with Crippen LogP contribution in [0.4, 0.5) is 0 Å². The fourth-order valence-corrected chi connectivity index (χ4v) is 3.91. The molecular weight excluding hydrogens is 336 g/mol. The van der Waals surface area contributed by atoms with Crippen LogP contribution < -0.4 is 0 Å². The molecule has 0 aromatic heterocycles. The number of hydrazone groups is 1. The molecule has 0 saturated heterocycles. The van der Waals surface area contributed by atoms with Gasteiger partial charge in [0, 0.05) is 18.4 Å². The number of nitrogens with zero attached hydrogens (tertiary/aromatic N) is 2. The highest BCUT2D eigenvalue weighted by atomic mass is 32.2. The van der Waals surface area contributed by atoms with E-state index in [0.29, 0.717) is 5.56 Å². The Labute approximate surface area is 155 Å². The normalized spacial score (nSPS) is 11.5. The van der Waals surface area contributed by atoms with Gasteiger partial charge in [0.25, 0.3) is 5.91 Å². The van der Waals surface area contributed by atoms with Crippen LogP contribution in [0.5, 0.6) is 0 Å². The van der Waals surface area contributed by atoms with Crippen LogP contribution in [0.1, 0.15) is 62.2 Å². The topological polar surface area (TPSA) is 32.7 Å². The number of hydrogen-bond donors (Lipinski definition) is 0. The number of rotatable bonds is 10. The second kappa shape index (κ2) is 13.4. The Kier molecular flexibility index (Phi) is 11.7. The highest BCUT2D eigenvalue weighted by molar-refractivity contribution is 8.38. The van der Waals surface area contributed by atoms with Gasteiger partial charge in [-0.05, 0) is 24.8 Å². The minimum absolute atomic E-state index is 0.0707. The number of carbonyl (C=O) groups excluding carboxylic acids is 1. The predicted molar refractivity (Wildman–Crippen MR) is 110 cm³/mol. The molecular formula is C19H30N2OS2. The zero-order valence-electron chi connectivity index (χ0n) is 15.2. The molecule has 3 nitrogen and oxygen atoms in total. The van der Waals surface area contributed by atoms with Crippen molar-refractivity contribution in [1.82, 2.24) is 5.01 Å². The lowest BCUT2D eigenvalue weighted by molar-refractivity contribution is 0.0800. The summed E-state index contributed by atoms with van der Waals surface area (Å²) in [4.78, 5) is 12.3. The van der Waals surface area contributed by atoms with Crippen LogP contribution in [-0.4, -0.2) is 34.3 Å². The molecule has 24 heavy (non-hydrogen) atoms. The quantitative estimate of drug-likeness (QED) is 0.224. The van der Waals surface area contributed by atoms with Crippen LogP contribution in [0.15, 0.2) is 35.4 Å². The molecule has 1 aromatic carbocycles. The molecule has 0 saturated carbocycles. The number of benzene rings is 1. The van der Waals surface area contributed by atoms with Gasteiger partial charge in [0.1, 0.15) is 4.38 Å². The third-order valence-electron chi connectivity index (χ3n) is 3.69. The molecule has 0 aliphatic carbocycles. The maximum atomic E-state index is 12.3. The van der Waals surface area contributed by atoms with Crippen LogP contribution in [0.3, 0.4) is 0 Å². The largest absolute Gasteiger partial charge is 0.273 e. The molecule has 0 radical (unpaired) electrons. The van der Waals surface area contributed by atoms with Crippen molar-refractivity contribution in [3.8, 4) is 0 Å². The van der Waals surface area contributed by atoms with E-state index in [2.05, 4.69) is 12.0 Å². The lowest BCUT2D eigenvalue weighted by atomic mass is 10.1. The molecule has 0 heterocycles. The van der Waals surface area contributed by atoms with Crippen LogP contribution in [0.25, 0.3) is 0 Å². The Hall–Kier alpha value is -0.940. The van der Waals surface area contributed by atoms with Crippen LogP contribution in [0.2, 0.25) is 0 Å². The summed E-state index contributed by atoms with van der Waals surface area (Å²) in [6, 6.07) is 9.29. The number of unbranched alkanes of at least 4 members (excludes halogenated alkanes) is 6. The average molecular weight is 367 g/mol. The zero-order chi connectivity index (χ0) is 17.6. The standard InChI is InChI=1S/C19H30N2OS2/c1-4-5-6-7-8-9-13-16-24-19(23-3)20-21(2)18(22)17-14-11-10-12-15-17/h10-12,14-15H,4-9,13,16H2,1-3H3/b20-19-. The van der Waals surface area contributed by atoms with Gasteiger partial charge in [-0.1, -0.05) is 75.4 Å². The molecule has 0 spiro atoms. The second-order valence-electron chi connectivity index (χ2n) is 5.73. The monoisotopic (exact) mass is 366 g/mol. The first-order valence-electron chi connectivity index (χ1n) is 8.77. The first-order valence-corrected chi connectivity index (χ1v) is 11.0. The summed E-state index contributed by atoms with van der Waals surface area (Å²) in [5, 5.41) is 5.90. The van der Waals surface area contributed by atoms with E-state index in [9.17, 15) is 4.79 Å². The number of carbonyl (C=O) groups is 1. The van der Waals surface area contributed by atoms with Crippen molar-refractivity contribution in [2.75, 3.05) is 19.1 Å². The van der Waals surface area contributed by atoms with Gasteiger partial charge in [-0.3, -0.25) is 4.79 Å². The van der Waals surface area contributed by atoms with E-state index in [1.165, 1.54) is 50.0 Å². The first kappa shape index (κ1) is 21.1. The van der Waals surface area contributed by atoms with Crippen molar-refractivity contribution in [3.05, 3.63) is 35.9 Å². The molecule has 0 aliphatic heterocycles. The van der Waals surface area contributed by atoms with Crippen molar-refractivity contribution < 1.29 is 4.79 Å². The van der Waals surface area contributed by atoms with Crippen molar-refractivity contribution in [2.24, 2.45) is 5.10 Å². The molecule has 134 valence electrons. The second-order valence-corrected chi connectivity index (χ2v) is 7.87. The smallest absolute Gasteiger partial charge is 0.267 e. The van der Waals surface area contributed by atoms with E-state index in [-0.39, 0.29) is 5.91 Å². The maximum Gasteiger partial charge on any atom is 0.273 e. The number of amides is 1. The lowest BCUT2D eigenvalue weighted by Crippen LogP contribution is -2.22. The zero-order valence-corrected chi connectivity index (χ0v) is 16.8. The SMILES string of the molecule is CCCCCCCCCS/C(=N\N(C)C(=O)c1ccccc1)SC. The van der Waals surface area contributed by atoms with E-state index in [1.807, 2.05) is 36.6 Å². The Balaban J connectivity index is 2.31. The molecule has 1 amide bonds. The minimum atomic E-state index is -0.0707. The minimum Gasteiger partial charge on any atom is -0.267 e. The summed E-state index contributed by atoms with van der Waals surface area (Å²) in [5.41, 5.74) is 0.668. The fourth-order valence-electron chi connectivity index (χ4n) is 2.28. The van der Waals surface area contributed by atoms with Crippen molar-refractivity contribution in [3.63, 3.8) is 0 Å². The van der Waals surface area contributed by atoms with Gasteiger partial charge in [0.2, 0.25) is 0 Å². The Morgan fingerprint density at radius 3 is 2.29 bits per heavy atom. The molecule has 0 aliphatic rings. The maximum absolute atomic E-state index is 12.3. The van der Waals surface area contributed by atoms with Crippen LogP contribution in [0, 0.1) is 0 Å². The average Bonchev–Trinajstić information content (AvgIpc) is 2.62. The number of hydrogen-bond acceptors (Lipinski definition) is 4. The molecule has 5 heteroatoms.